The van der Waals surface area contributed by atoms with E-state index in [1.54, 1.807) is 11.0 Å². The van der Waals surface area contributed by atoms with Crippen LogP contribution in [0.4, 0.5) is 5.69 Å². The van der Waals surface area contributed by atoms with Gasteiger partial charge < -0.3 is 4.74 Å². The highest BCUT2D eigenvalue weighted by atomic mass is 16.5. The van der Waals surface area contributed by atoms with E-state index in [-0.39, 0.29) is 5.91 Å². The van der Waals surface area contributed by atoms with E-state index < -0.39 is 0 Å². The normalized spacial score (nSPS) is 14.5. The van der Waals surface area contributed by atoms with E-state index in [0.29, 0.717) is 17.3 Å². The Bertz CT molecular complexity index is 1360. The Morgan fingerprint density at radius 3 is 2.18 bits per heavy atom. The van der Waals surface area contributed by atoms with E-state index in [2.05, 4.69) is 0 Å². The third kappa shape index (κ3) is 4.32. The van der Waals surface area contributed by atoms with Crippen LogP contribution in [0.5, 0.6) is 11.5 Å². The number of aryl methyl sites for hydroxylation is 1. The van der Waals surface area contributed by atoms with Crippen molar-refractivity contribution in [3.63, 3.8) is 0 Å². The van der Waals surface area contributed by atoms with Gasteiger partial charge in [0, 0.05) is 5.56 Å². The lowest BCUT2D eigenvalue weighted by atomic mass is 10.1. The van der Waals surface area contributed by atoms with Gasteiger partial charge in [-0.3, -0.25) is 9.69 Å². The Labute approximate surface area is 193 Å². The smallest absolute Gasteiger partial charge is 0.282 e. The zero-order valence-corrected chi connectivity index (χ0v) is 18.2. The van der Waals surface area contributed by atoms with Crippen molar-refractivity contribution in [3.8, 4) is 11.5 Å². The zero-order valence-electron chi connectivity index (χ0n) is 18.2. The van der Waals surface area contributed by atoms with Crippen LogP contribution in [0.25, 0.3) is 6.08 Å². The number of ether oxygens (including phenoxy) is 1. The van der Waals surface area contributed by atoms with Crippen molar-refractivity contribution in [2.75, 3.05) is 4.90 Å². The van der Waals surface area contributed by atoms with Crippen LogP contribution in [0.2, 0.25) is 0 Å². The number of rotatable bonds is 5. The molecule has 0 bridgehead atoms. The first-order chi connectivity index (χ1) is 16.2. The number of amides is 1. The minimum absolute atomic E-state index is 0.155. The minimum Gasteiger partial charge on any atom is -0.457 e. The first-order valence-electron chi connectivity index (χ1n) is 10.8. The highest BCUT2D eigenvalue weighted by Crippen LogP contribution is 2.30. The molecule has 1 amide bonds. The molecule has 33 heavy (non-hydrogen) atoms. The number of carbonyl (C=O) groups excluding carboxylic acids is 1. The monoisotopic (exact) mass is 430 g/mol. The standard InChI is InChI=1S/C29H22N2O2/c1-21-11-8-9-18-27(21)31-28(23-13-4-2-5-14-23)30-26(29(31)32)20-22-12-10-17-25(19-22)33-24-15-6-3-7-16-24/h2-20H,1H3. The van der Waals surface area contributed by atoms with Gasteiger partial charge in [0.1, 0.15) is 23.0 Å². The summed E-state index contributed by atoms with van der Waals surface area (Å²) in [6.07, 6.45) is 1.81. The summed E-state index contributed by atoms with van der Waals surface area (Å²) in [7, 11) is 0. The van der Waals surface area contributed by atoms with Crippen LogP contribution in [0.15, 0.2) is 120 Å². The van der Waals surface area contributed by atoms with Crippen LogP contribution in [0.3, 0.4) is 0 Å². The maximum absolute atomic E-state index is 13.5. The number of aliphatic imine (C=N–C) groups is 1. The fourth-order valence-corrected chi connectivity index (χ4v) is 3.79. The fraction of sp³-hybridized carbons (Fsp3) is 0.0345. The minimum atomic E-state index is -0.155. The van der Waals surface area contributed by atoms with Gasteiger partial charge in [0.05, 0.1) is 5.69 Å². The molecule has 1 aliphatic rings. The summed E-state index contributed by atoms with van der Waals surface area (Å²) < 4.78 is 5.95. The summed E-state index contributed by atoms with van der Waals surface area (Å²) in [5, 5.41) is 0. The van der Waals surface area contributed by atoms with Crippen LogP contribution < -0.4 is 9.64 Å². The average molecular weight is 431 g/mol. The summed E-state index contributed by atoms with van der Waals surface area (Å²) in [6, 6.07) is 34.9. The van der Waals surface area contributed by atoms with Gasteiger partial charge in [-0.05, 0) is 54.5 Å². The molecule has 0 spiro atoms. The van der Waals surface area contributed by atoms with Crippen LogP contribution in [-0.2, 0) is 4.79 Å². The molecule has 0 N–H and O–H groups in total. The van der Waals surface area contributed by atoms with Crippen LogP contribution in [0.1, 0.15) is 16.7 Å². The molecule has 0 unspecified atom stereocenters. The van der Waals surface area contributed by atoms with Crippen molar-refractivity contribution in [1.29, 1.82) is 0 Å². The molecule has 1 heterocycles. The van der Waals surface area contributed by atoms with E-state index in [1.807, 2.05) is 116 Å². The van der Waals surface area contributed by atoms with Crippen molar-refractivity contribution in [3.05, 3.63) is 132 Å². The molecule has 4 aromatic carbocycles. The predicted octanol–water partition coefficient (Wildman–Crippen LogP) is 6.62. The fourth-order valence-electron chi connectivity index (χ4n) is 3.79. The molecule has 4 heteroatoms. The third-order valence-corrected chi connectivity index (χ3v) is 5.39. The largest absolute Gasteiger partial charge is 0.457 e. The van der Waals surface area contributed by atoms with Gasteiger partial charge in [-0.2, -0.15) is 0 Å². The first kappa shape index (κ1) is 20.5. The molecule has 0 saturated carbocycles. The van der Waals surface area contributed by atoms with Crippen LogP contribution in [0, 0.1) is 6.92 Å². The molecule has 0 atom stereocenters. The zero-order chi connectivity index (χ0) is 22.6. The summed E-state index contributed by atoms with van der Waals surface area (Å²) in [6.45, 7) is 2.00. The second-order valence-corrected chi connectivity index (χ2v) is 7.75. The van der Waals surface area contributed by atoms with Crippen molar-refractivity contribution in [2.24, 2.45) is 4.99 Å². The highest BCUT2D eigenvalue weighted by Gasteiger charge is 2.33. The molecule has 4 aromatic rings. The lowest BCUT2D eigenvalue weighted by molar-refractivity contribution is -0.113. The molecule has 0 aromatic heterocycles. The predicted molar refractivity (Wildman–Crippen MR) is 133 cm³/mol. The molecule has 0 radical (unpaired) electrons. The lowest BCUT2D eigenvalue weighted by Gasteiger charge is -2.20. The maximum Gasteiger partial charge on any atom is 0.282 e. The number of benzene rings is 4. The lowest BCUT2D eigenvalue weighted by Crippen LogP contribution is -2.33. The topological polar surface area (TPSA) is 41.9 Å². The van der Waals surface area contributed by atoms with Crippen LogP contribution in [-0.4, -0.2) is 11.7 Å². The highest BCUT2D eigenvalue weighted by molar-refractivity contribution is 6.33. The average Bonchev–Trinajstić information content (AvgIpc) is 3.16. The molecular weight excluding hydrogens is 408 g/mol. The Morgan fingerprint density at radius 1 is 0.758 bits per heavy atom. The number of nitrogens with zero attached hydrogens (tertiary/aromatic N) is 2. The number of hydrogen-bond donors (Lipinski definition) is 0. The Morgan fingerprint density at radius 2 is 1.42 bits per heavy atom. The SMILES string of the molecule is Cc1ccccc1N1C(=O)C(=Cc2cccc(Oc3ccccc3)c2)N=C1c1ccccc1. The summed E-state index contributed by atoms with van der Waals surface area (Å²) >= 11 is 0. The molecule has 0 fully saturated rings. The first-order valence-corrected chi connectivity index (χ1v) is 10.8. The van der Waals surface area contributed by atoms with Crippen molar-refractivity contribution in [1.82, 2.24) is 0 Å². The van der Waals surface area contributed by atoms with Gasteiger partial charge in [0.25, 0.3) is 5.91 Å². The van der Waals surface area contributed by atoms with Crippen molar-refractivity contribution in [2.45, 2.75) is 6.92 Å². The number of carbonyl (C=O) groups is 1. The molecule has 4 nitrogen and oxygen atoms in total. The van der Waals surface area contributed by atoms with E-state index in [0.717, 1.165) is 28.1 Å². The summed E-state index contributed by atoms with van der Waals surface area (Å²) in [4.78, 5) is 20.0. The molecule has 0 saturated heterocycles. The second kappa shape index (κ2) is 8.97. The van der Waals surface area contributed by atoms with Crippen molar-refractivity contribution >= 4 is 23.5 Å². The Hall–Kier alpha value is -4.44. The van der Waals surface area contributed by atoms with E-state index in [1.165, 1.54) is 0 Å². The molecule has 1 aliphatic heterocycles. The quantitative estimate of drug-likeness (QED) is 0.334. The van der Waals surface area contributed by atoms with E-state index in [9.17, 15) is 4.79 Å². The van der Waals surface area contributed by atoms with Gasteiger partial charge in [-0.1, -0.05) is 78.9 Å². The number of hydrogen-bond acceptors (Lipinski definition) is 3. The van der Waals surface area contributed by atoms with E-state index >= 15 is 0 Å². The van der Waals surface area contributed by atoms with E-state index in [4.69, 9.17) is 9.73 Å². The summed E-state index contributed by atoms with van der Waals surface area (Å²) in [5.41, 5.74) is 3.95. The van der Waals surface area contributed by atoms with Crippen LogP contribution >= 0.6 is 0 Å². The number of para-hydroxylation sites is 2. The summed E-state index contributed by atoms with van der Waals surface area (Å²) in [5.74, 6) is 1.92. The Balaban J connectivity index is 1.53. The van der Waals surface area contributed by atoms with Gasteiger partial charge in [0.15, 0.2) is 0 Å². The van der Waals surface area contributed by atoms with Crippen molar-refractivity contribution < 1.29 is 9.53 Å². The van der Waals surface area contributed by atoms with Gasteiger partial charge >= 0.3 is 0 Å². The third-order valence-electron chi connectivity index (χ3n) is 5.39. The van der Waals surface area contributed by atoms with Gasteiger partial charge in [-0.15, -0.1) is 0 Å². The maximum atomic E-state index is 13.5. The molecule has 5 rings (SSSR count). The molecular formula is C29H22N2O2. The Kier molecular flexibility index (Phi) is 5.56. The second-order valence-electron chi connectivity index (χ2n) is 7.75. The number of amidine groups is 1. The molecule has 160 valence electrons. The van der Waals surface area contributed by atoms with Gasteiger partial charge in [-0.25, -0.2) is 4.99 Å². The molecule has 0 aliphatic carbocycles. The number of anilines is 1. The van der Waals surface area contributed by atoms with Gasteiger partial charge in [0.2, 0.25) is 0 Å².